The van der Waals surface area contributed by atoms with Crippen LogP contribution in [0.4, 0.5) is 0 Å². The van der Waals surface area contributed by atoms with Gasteiger partial charge in [-0.3, -0.25) is 0 Å². The normalized spacial score (nSPS) is 13.1. The van der Waals surface area contributed by atoms with Crippen LogP contribution in [0.2, 0.25) is 0 Å². The Labute approximate surface area is 124 Å². The van der Waals surface area contributed by atoms with Gasteiger partial charge in [0.1, 0.15) is 0 Å². The molecular formula is C15H16ClNO2S. The molecule has 0 aliphatic rings. The van der Waals surface area contributed by atoms with Crippen molar-refractivity contribution in [3.05, 3.63) is 65.7 Å². The summed E-state index contributed by atoms with van der Waals surface area (Å²) in [5.74, 6) is 0.176. The zero-order valence-electron chi connectivity index (χ0n) is 11.1. The van der Waals surface area contributed by atoms with Crippen LogP contribution in [0, 0.1) is 6.92 Å². The fourth-order valence-electron chi connectivity index (χ4n) is 1.91. The highest BCUT2D eigenvalue weighted by Gasteiger charge is 2.20. The van der Waals surface area contributed by atoms with Crippen LogP contribution >= 0.6 is 11.6 Å². The first-order valence-corrected chi connectivity index (χ1v) is 8.24. The molecule has 0 aliphatic heterocycles. The summed E-state index contributed by atoms with van der Waals surface area (Å²) in [5, 5.41) is 0. The summed E-state index contributed by atoms with van der Waals surface area (Å²) >= 11 is 5.90. The molecule has 0 heterocycles. The van der Waals surface area contributed by atoms with Crippen LogP contribution in [0.1, 0.15) is 17.2 Å². The molecule has 0 spiro atoms. The van der Waals surface area contributed by atoms with Gasteiger partial charge in [0.2, 0.25) is 10.0 Å². The second-order valence-corrected chi connectivity index (χ2v) is 6.58. The van der Waals surface area contributed by atoms with Crippen molar-refractivity contribution in [2.75, 3.05) is 5.88 Å². The Hall–Kier alpha value is -1.36. The number of benzene rings is 2. The summed E-state index contributed by atoms with van der Waals surface area (Å²) in [7, 11) is -3.58. The summed E-state index contributed by atoms with van der Waals surface area (Å²) in [4.78, 5) is 0.253. The Morgan fingerprint density at radius 2 is 1.80 bits per heavy atom. The predicted molar refractivity (Wildman–Crippen MR) is 81.4 cm³/mol. The maximum atomic E-state index is 12.4. The summed E-state index contributed by atoms with van der Waals surface area (Å²) in [6, 6.07) is 15.7. The zero-order chi connectivity index (χ0) is 14.6. The minimum absolute atomic E-state index is 0.176. The molecule has 3 nitrogen and oxygen atoms in total. The molecule has 1 unspecified atom stereocenters. The molecule has 1 N–H and O–H groups in total. The van der Waals surface area contributed by atoms with Crippen molar-refractivity contribution in [3.8, 4) is 0 Å². The van der Waals surface area contributed by atoms with Gasteiger partial charge in [0.05, 0.1) is 10.9 Å². The first-order chi connectivity index (χ1) is 9.53. The number of sulfonamides is 1. The smallest absolute Gasteiger partial charge is 0.207 e. The molecule has 0 amide bonds. The van der Waals surface area contributed by atoms with E-state index >= 15 is 0 Å². The standard InChI is InChI=1S/C15H16ClNO2S/c1-12-6-5-9-14(10-12)20(18,19)17-15(11-16)13-7-3-2-4-8-13/h2-10,15,17H,11H2,1H3. The van der Waals surface area contributed by atoms with Crippen LogP contribution in [0.3, 0.4) is 0 Å². The lowest BCUT2D eigenvalue weighted by molar-refractivity contribution is 0.567. The highest BCUT2D eigenvalue weighted by atomic mass is 35.5. The number of halogens is 1. The molecule has 2 aromatic carbocycles. The van der Waals surface area contributed by atoms with Gasteiger partial charge in [-0.1, -0.05) is 42.5 Å². The van der Waals surface area contributed by atoms with E-state index in [0.29, 0.717) is 0 Å². The molecule has 1 atom stereocenters. The third-order valence-corrected chi connectivity index (χ3v) is 4.73. The lowest BCUT2D eigenvalue weighted by atomic mass is 10.1. The zero-order valence-corrected chi connectivity index (χ0v) is 12.7. The number of aryl methyl sites for hydroxylation is 1. The first-order valence-electron chi connectivity index (χ1n) is 6.23. The molecule has 2 rings (SSSR count). The quantitative estimate of drug-likeness (QED) is 0.862. The van der Waals surface area contributed by atoms with Crippen LogP contribution < -0.4 is 4.72 Å². The van der Waals surface area contributed by atoms with Crippen molar-refractivity contribution in [1.29, 1.82) is 0 Å². The van der Waals surface area contributed by atoms with Gasteiger partial charge in [-0.15, -0.1) is 11.6 Å². The number of rotatable bonds is 5. The van der Waals surface area contributed by atoms with Gasteiger partial charge in [-0.05, 0) is 30.2 Å². The van der Waals surface area contributed by atoms with Crippen molar-refractivity contribution < 1.29 is 8.42 Å². The average molecular weight is 310 g/mol. The third-order valence-electron chi connectivity index (χ3n) is 2.95. The fourth-order valence-corrected chi connectivity index (χ4v) is 3.59. The van der Waals surface area contributed by atoms with E-state index in [0.717, 1.165) is 11.1 Å². The fraction of sp³-hybridized carbons (Fsp3) is 0.200. The maximum absolute atomic E-state index is 12.4. The summed E-state index contributed by atoms with van der Waals surface area (Å²) < 4.78 is 27.4. The first kappa shape index (κ1) is 15.0. The van der Waals surface area contributed by atoms with Crippen LogP contribution in [0.25, 0.3) is 0 Å². The minimum atomic E-state index is -3.58. The predicted octanol–water partition coefficient (Wildman–Crippen LogP) is 3.25. The molecule has 0 saturated heterocycles. The van der Waals surface area contributed by atoms with Crippen LogP contribution in [0.15, 0.2) is 59.5 Å². The van der Waals surface area contributed by atoms with Gasteiger partial charge < -0.3 is 0 Å². The van der Waals surface area contributed by atoms with E-state index in [1.165, 1.54) is 0 Å². The number of alkyl halides is 1. The van der Waals surface area contributed by atoms with E-state index in [1.807, 2.05) is 43.3 Å². The molecule has 0 saturated carbocycles. The largest absolute Gasteiger partial charge is 0.241 e. The second-order valence-electron chi connectivity index (χ2n) is 4.56. The molecule has 5 heteroatoms. The number of hydrogen-bond donors (Lipinski definition) is 1. The van der Waals surface area contributed by atoms with Gasteiger partial charge in [-0.2, -0.15) is 0 Å². The highest BCUT2D eigenvalue weighted by molar-refractivity contribution is 7.89. The molecule has 0 fully saturated rings. The van der Waals surface area contributed by atoms with Crippen molar-refractivity contribution in [3.63, 3.8) is 0 Å². The van der Waals surface area contributed by atoms with E-state index in [1.54, 1.807) is 18.2 Å². The average Bonchev–Trinajstić information content (AvgIpc) is 2.46. The van der Waals surface area contributed by atoms with Crippen LogP contribution in [-0.4, -0.2) is 14.3 Å². The van der Waals surface area contributed by atoms with Crippen molar-refractivity contribution in [2.24, 2.45) is 0 Å². The Bertz CT molecular complexity index is 671. The Morgan fingerprint density at radius 3 is 2.40 bits per heavy atom. The monoisotopic (exact) mass is 309 g/mol. The molecule has 0 bridgehead atoms. The van der Waals surface area contributed by atoms with Gasteiger partial charge >= 0.3 is 0 Å². The minimum Gasteiger partial charge on any atom is -0.207 e. The van der Waals surface area contributed by atoms with Crippen LogP contribution in [0.5, 0.6) is 0 Å². The van der Waals surface area contributed by atoms with E-state index in [2.05, 4.69) is 4.72 Å². The van der Waals surface area contributed by atoms with Crippen molar-refractivity contribution in [1.82, 2.24) is 4.72 Å². The van der Waals surface area contributed by atoms with E-state index < -0.39 is 16.1 Å². The van der Waals surface area contributed by atoms with E-state index in [9.17, 15) is 8.42 Å². The summed E-state index contributed by atoms with van der Waals surface area (Å²) in [5.41, 5.74) is 1.74. The lowest BCUT2D eigenvalue weighted by Gasteiger charge is -2.16. The molecule has 106 valence electrons. The molecule has 0 aliphatic carbocycles. The Kier molecular flexibility index (Phi) is 4.81. The number of hydrogen-bond acceptors (Lipinski definition) is 2. The SMILES string of the molecule is Cc1cccc(S(=O)(=O)NC(CCl)c2ccccc2)c1. The second kappa shape index (κ2) is 6.39. The lowest BCUT2D eigenvalue weighted by Crippen LogP contribution is -2.29. The molecule has 0 aromatic heterocycles. The van der Waals surface area contributed by atoms with Crippen LogP contribution in [-0.2, 0) is 10.0 Å². The number of nitrogens with one attached hydrogen (secondary N) is 1. The topological polar surface area (TPSA) is 46.2 Å². The molecular weight excluding hydrogens is 294 g/mol. The van der Waals surface area contributed by atoms with Gasteiger partial charge in [-0.25, -0.2) is 13.1 Å². The van der Waals surface area contributed by atoms with Gasteiger partial charge in [0, 0.05) is 5.88 Å². The van der Waals surface area contributed by atoms with E-state index in [4.69, 9.17) is 11.6 Å². The van der Waals surface area contributed by atoms with Crippen molar-refractivity contribution >= 4 is 21.6 Å². The van der Waals surface area contributed by atoms with E-state index in [-0.39, 0.29) is 10.8 Å². The highest BCUT2D eigenvalue weighted by Crippen LogP contribution is 2.19. The molecule has 20 heavy (non-hydrogen) atoms. The Balaban J connectivity index is 2.27. The Morgan fingerprint density at radius 1 is 1.10 bits per heavy atom. The third kappa shape index (κ3) is 3.60. The summed E-state index contributed by atoms with van der Waals surface area (Å²) in [6.07, 6.45) is 0. The molecule has 2 aromatic rings. The van der Waals surface area contributed by atoms with Gasteiger partial charge in [0.15, 0.2) is 0 Å². The van der Waals surface area contributed by atoms with Gasteiger partial charge in [0.25, 0.3) is 0 Å². The maximum Gasteiger partial charge on any atom is 0.241 e. The molecule has 0 radical (unpaired) electrons. The summed E-state index contributed by atoms with van der Waals surface area (Å²) in [6.45, 7) is 1.86. The van der Waals surface area contributed by atoms with Crippen molar-refractivity contribution in [2.45, 2.75) is 17.9 Å².